The molecule has 2 amide bonds. The van der Waals surface area contributed by atoms with Crippen molar-refractivity contribution >= 4 is 75.4 Å². The standard InChI is InChI=1S/C29H20Cl4FN5O2/c1-39(14-15-6-8-16(30)9-7-15)27-20(12-18(34)13-35-27)28(40)38-26-29(41)36-23-5-3-2-4-19(23)25(37-26)24-21(32)10-17(31)11-22(24)33/h2-13,26H,14H2,1H3,(H,36,41)(H,38,40). The van der Waals surface area contributed by atoms with Crippen LogP contribution in [0.4, 0.5) is 15.9 Å². The van der Waals surface area contributed by atoms with E-state index in [9.17, 15) is 14.0 Å². The summed E-state index contributed by atoms with van der Waals surface area (Å²) in [4.78, 5) is 37.2. The van der Waals surface area contributed by atoms with Crippen LogP contribution in [0.5, 0.6) is 0 Å². The average molecular weight is 631 g/mol. The molecule has 41 heavy (non-hydrogen) atoms. The minimum absolute atomic E-state index is 0.0877. The number of para-hydroxylation sites is 1. The monoisotopic (exact) mass is 629 g/mol. The first-order valence-electron chi connectivity index (χ1n) is 12.2. The van der Waals surface area contributed by atoms with Crippen LogP contribution >= 0.6 is 46.4 Å². The number of benzene rings is 3. The molecule has 1 unspecified atom stereocenters. The minimum atomic E-state index is -1.43. The fourth-order valence-corrected chi connectivity index (χ4v) is 5.49. The van der Waals surface area contributed by atoms with Gasteiger partial charge in [0.2, 0.25) is 6.17 Å². The molecule has 0 bridgehead atoms. The van der Waals surface area contributed by atoms with Crippen molar-refractivity contribution in [2.45, 2.75) is 12.7 Å². The van der Waals surface area contributed by atoms with Crippen LogP contribution in [-0.4, -0.2) is 35.7 Å². The minimum Gasteiger partial charge on any atom is -0.355 e. The number of halogens is 5. The van der Waals surface area contributed by atoms with Crippen molar-refractivity contribution in [1.29, 1.82) is 0 Å². The van der Waals surface area contributed by atoms with Crippen LogP contribution in [0.1, 0.15) is 27.0 Å². The number of anilines is 2. The van der Waals surface area contributed by atoms with Crippen molar-refractivity contribution < 1.29 is 14.0 Å². The fraction of sp³-hybridized carbons (Fsp3) is 0.103. The molecule has 5 rings (SSSR count). The quantitative estimate of drug-likeness (QED) is 0.240. The number of hydrogen-bond acceptors (Lipinski definition) is 5. The van der Waals surface area contributed by atoms with E-state index in [1.54, 1.807) is 48.3 Å². The van der Waals surface area contributed by atoms with E-state index in [0.717, 1.165) is 17.8 Å². The molecule has 2 N–H and O–H groups in total. The molecule has 4 aromatic rings. The summed E-state index contributed by atoms with van der Waals surface area (Å²) in [5.74, 6) is -1.91. The maximum atomic E-state index is 14.3. The number of aliphatic imine (C=N–C) groups is 1. The zero-order valence-corrected chi connectivity index (χ0v) is 24.3. The van der Waals surface area contributed by atoms with E-state index in [2.05, 4.69) is 20.6 Å². The Morgan fingerprint density at radius 1 is 1.00 bits per heavy atom. The number of benzodiazepines with no additional fused rings is 1. The van der Waals surface area contributed by atoms with Crippen LogP contribution in [0, 0.1) is 5.82 Å². The van der Waals surface area contributed by atoms with Crippen LogP contribution < -0.4 is 15.5 Å². The van der Waals surface area contributed by atoms with Gasteiger partial charge < -0.3 is 15.5 Å². The van der Waals surface area contributed by atoms with Gasteiger partial charge in [0.1, 0.15) is 11.6 Å². The van der Waals surface area contributed by atoms with Gasteiger partial charge in [-0.15, -0.1) is 0 Å². The molecule has 0 spiro atoms. The van der Waals surface area contributed by atoms with Gasteiger partial charge in [0, 0.05) is 34.8 Å². The largest absolute Gasteiger partial charge is 0.355 e. The molecule has 0 saturated carbocycles. The molecule has 1 aromatic heterocycles. The van der Waals surface area contributed by atoms with E-state index in [1.807, 2.05) is 12.1 Å². The third-order valence-electron chi connectivity index (χ3n) is 6.23. The predicted molar refractivity (Wildman–Crippen MR) is 161 cm³/mol. The topological polar surface area (TPSA) is 86.7 Å². The summed E-state index contributed by atoms with van der Waals surface area (Å²) in [6.07, 6.45) is -0.411. The lowest BCUT2D eigenvalue weighted by Crippen LogP contribution is -2.43. The van der Waals surface area contributed by atoms with Gasteiger partial charge >= 0.3 is 0 Å². The zero-order valence-electron chi connectivity index (χ0n) is 21.3. The van der Waals surface area contributed by atoms with Gasteiger partial charge in [0.15, 0.2) is 0 Å². The van der Waals surface area contributed by atoms with Gasteiger partial charge in [-0.3, -0.25) is 9.59 Å². The number of hydrogen-bond donors (Lipinski definition) is 2. The number of amides is 2. The number of carbonyl (C=O) groups is 2. The average Bonchev–Trinajstić information content (AvgIpc) is 3.05. The van der Waals surface area contributed by atoms with Gasteiger partial charge in [-0.2, -0.15) is 0 Å². The first-order valence-corrected chi connectivity index (χ1v) is 13.7. The number of nitrogens with one attached hydrogen (secondary N) is 2. The second-order valence-corrected chi connectivity index (χ2v) is 10.8. The van der Waals surface area contributed by atoms with Gasteiger partial charge in [-0.05, 0) is 42.0 Å². The highest BCUT2D eigenvalue weighted by molar-refractivity contribution is 6.44. The van der Waals surface area contributed by atoms with Crippen molar-refractivity contribution in [2.24, 2.45) is 4.99 Å². The zero-order chi connectivity index (χ0) is 29.3. The number of carbonyl (C=O) groups excluding carboxylic acids is 2. The molecule has 3 aromatic carbocycles. The normalized spacial score (nSPS) is 14.4. The fourth-order valence-electron chi connectivity index (χ4n) is 4.37. The van der Waals surface area contributed by atoms with E-state index in [0.29, 0.717) is 33.4 Å². The Labute approximate surface area is 254 Å². The van der Waals surface area contributed by atoms with Gasteiger partial charge in [0.25, 0.3) is 11.8 Å². The summed E-state index contributed by atoms with van der Waals surface area (Å²) < 4.78 is 14.3. The van der Waals surface area contributed by atoms with Gasteiger partial charge in [0.05, 0.1) is 33.2 Å². The Morgan fingerprint density at radius 3 is 2.39 bits per heavy atom. The van der Waals surface area contributed by atoms with Crippen molar-refractivity contribution in [2.75, 3.05) is 17.3 Å². The predicted octanol–water partition coefficient (Wildman–Crippen LogP) is 7.02. The number of rotatable bonds is 6. The smallest absolute Gasteiger partial charge is 0.269 e. The molecule has 7 nitrogen and oxygen atoms in total. The Hall–Kier alpha value is -3.69. The number of nitrogens with zero attached hydrogens (tertiary/aromatic N) is 3. The first kappa shape index (κ1) is 28.8. The Bertz CT molecular complexity index is 1670. The number of aromatic nitrogens is 1. The Kier molecular flexibility index (Phi) is 8.47. The van der Waals surface area contributed by atoms with Crippen LogP contribution in [0.25, 0.3) is 0 Å². The first-order chi connectivity index (χ1) is 19.6. The second-order valence-electron chi connectivity index (χ2n) is 9.14. The molecule has 1 atom stereocenters. The maximum absolute atomic E-state index is 14.3. The highest BCUT2D eigenvalue weighted by Crippen LogP contribution is 2.34. The van der Waals surface area contributed by atoms with Crippen LogP contribution in [0.3, 0.4) is 0 Å². The van der Waals surface area contributed by atoms with E-state index < -0.39 is 23.8 Å². The molecular formula is C29H20Cl4FN5O2. The van der Waals surface area contributed by atoms with Crippen molar-refractivity contribution in [1.82, 2.24) is 10.3 Å². The lowest BCUT2D eigenvalue weighted by Gasteiger charge is -2.22. The van der Waals surface area contributed by atoms with Gasteiger partial charge in [-0.1, -0.05) is 76.7 Å². The molecule has 0 fully saturated rings. The third kappa shape index (κ3) is 6.31. The lowest BCUT2D eigenvalue weighted by molar-refractivity contribution is -0.117. The number of pyridine rings is 1. The summed E-state index contributed by atoms with van der Waals surface area (Å²) in [5.41, 5.74) is 2.35. The molecule has 0 saturated heterocycles. The van der Waals surface area contributed by atoms with Crippen LogP contribution in [-0.2, 0) is 11.3 Å². The molecule has 1 aliphatic heterocycles. The summed E-state index contributed by atoms with van der Waals surface area (Å²) in [7, 11) is 1.71. The maximum Gasteiger partial charge on any atom is 0.269 e. The SMILES string of the molecule is CN(Cc1ccc(Cl)cc1)c1ncc(F)cc1C(=O)NC1N=C(c2c(Cl)cc(Cl)cc2Cl)c2ccccc2NC1=O. The molecule has 0 radical (unpaired) electrons. The molecule has 1 aliphatic rings. The molecule has 0 aliphatic carbocycles. The van der Waals surface area contributed by atoms with Crippen LogP contribution in [0.2, 0.25) is 20.1 Å². The second kappa shape index (κ2) is 12.0. The van der Waals surface area contributed by atoms with Gasteiger partial charge in [-0.25, -0.2) is 14.4 Å². The lowest BCUT2D eigenvalue weighted by atomic mass is 10.0. The van der Waals surface area contributed by atoms with Crippen LogP contribution in [0.15, 0.2) is 77.9 Å². The van der Waals surface area contributed by atoms with Crippen molar-refractivity contribution in [3.8, 4) is 0 Å². The van der Waals surface area contributed by atoms with E-state index in [1.165, 1.54) is 12.1 Å². The number of fused-ring (bicyclic) bond motifs is 1. The highest BCUT2D eigenvalue weighted by atomic mass is 35.5. The summed E-state index contributed by atoms with van der Waals surface area (Å²) >= 11 is 25.1. The Morgan fingerprint density at radius 2 is 1.68 bits per heavy atom. The Balaban J connectivity index is 1.52. The van der Waals surface area contributed by atoms with Crippen molar-refractivity contribution in [3.63, 3.8) is 0 Å². The molecule has 12 heteroatoms. The van der Waals surface area contributed by atoms with E-state index in [-0.39, 0.29) is 27.1 Å². The van der Waals surface area contributed by atoms with Crippen molar-refractivity contribution in [3.05, 3.63) is 121 Å². The molecule has 2 heterocycles. The highest BCUT2D eigenvalue weighted by Gasteiger charge is 2.30. The summed E-state index contributed by atoms with van der Waals surface area (Å²) in [5, 5.41) is 6.69. The summed E-state index contributed by atoms with van der Waals surface area (Å²) in [6, 6.07) is 18.1. The summed E-state index contributed by atoms with van der Waals surface area (Å²) in [6.45, 7) is 0.352. The van der Waals surface area contributed by atoms with E-state index in [4.69, 9.17) is 46.4 Å². The molecular weight excluding hydrogens is 611 g/mol. The molecule has 208 valence electrons. The third-order valence-corrected chi connectivity index (χ3v) is 7.30. The van der Waals surface area contributed by atoms with E-state index >= 15 is 0 Å².